The number of allylic oxidation sites excluding steroid dienone is 3. The van der Waals surface area contributed by atoms with Gasteiger partial charge in [0.05, 0.1) is 6.42 Å². The maximum Gasteiger partial charge on any atom is 0.309 e. The molecule has 0 rings (SSSR count). The van der Waals surface area contributed by atoms with E-state index in [2.05, 4.69) is 13.0 Å². The minimum Gasteiger partial charge on any atom is -0.463 e. The fourth-order valence-electron chi connectivity index (χ4n) is 1.20. The van der Waals surface area contributed by atoms with Crippen LogP contribution in [0.15, 0.2) is 24.3 Å². The molecule has 0 saturated carbocycles. The number of aliphatic hydroxyl groups is 1. The van der Waals surface area contributed by atoms with Crippen LogP contribution in [0.25, 0.3) is 0 Å². The van der Waals surface area contributed by atoms with Crippen LogP contribution in [0.3, 0.4) is 0 Å². The Labute approximate surface area is 120 Å². The van der Waals surface area contributed by atoms with Crippen molar-refractivity contribution >= 4 is 11.9 Å². The lowest BCUT2D eigenvalue weighted by Crippen LogP contribution is -2.25. The van der Waals surface area contributed by atoms with Gasteiger partial charge in [0.15, 0.2) is 0 Å². The minimum absolute atomic E-state index is 0.155. The quantitative estimate of drug-likeness (QED) is 0.491. The Morgan fingerprint density at radius 1 is 1.00 bits per heavy atom. The highest BCUT2D eigenvalue weighted by Gasteiger charge is 2.10. The summed E-state index contributed by atoms with van der Waals surface area (Å²) < 4.78 is 9.57. The van der Waals surface area contributed by atoms with Gasteiger partial charge in [-0.05, 0) is 12.8 Å². The summed E-state index contributed by atoms with van der Waals surface area (Å²) in [6.45, 7) is 3.40. The summed E-state index contributed by atoms with van der Waals surface area (Å²) in [6.07, 6.45) is 8.91. The second-order valence-electron chi connectivity index (χ2n) is 4.16. The molecule has 0 radical (unpaired) electrons. The van der Waals surface area contributed by atoms with Gasteiger partial charge in [0.2, 0.25) is 0 Å². The van der Waals surface area contributed by atoms with Crippen molar-refractivity contribution in [2.24, 2.45) is 0 Å². The summed E-state index contributed by atoms with van der Waals surface area (Å²) in [5, 5.41) is 9.43. The first-order valence-electron chi connectivity index (χ1n) is 6.89. The highest BCUT2D eigenvalue weighted by molar-refractivity contribution is 5.71. The van der Waals surface area contributed by atoms with Crippen LogP contribution in [-0.4, -0.2) is 36.4 Å². The van der Waals surface area contributed by atoms with Gasteiger partial charge in [0, 0.05) is 6.42 Å². The molecular weight excluding hydrogens is 260 g/mol. The lowest BCUT2D eigenvalue weighted by atomic mass is 10.3. The average Bonchev–Trinajstić information content (AvgIpc) is 2.46. The van der Waals surface area contributed by atoms with E-state index in [-0.39, 0.29) is 26.1 Å². The summed E-state index contributed by atoms with van der Waals surface area (Å²) in [7, 11) is 0. The number of carbonyl (C=O) groups excluding carboxylic acids is 2. The maximum absolute atomic E-state index is 11.3. The Bertz CT molecular complexity index is 333. The monoisotopic (exact) mass is 284 g/mol. The zero-order chi connectivity index (χ0) is 15.2. The number of carbonyl (C=O) groups is 2. The summed E-state index contributed by atoms with van der Waals surface area (Å²) in [5.41, 5.74) is 0. The molecule has 5 heteroatoms. The van der Waals surface area contributed by atoms with Crippen molar-refractivity contribution in [2.75, 3.05) is 13.2 Å². The largest absolute Gasteiger partial charge is 0.463 e. The molecule has 1 atom stereocenters. The molecule has 0 spiro atoms. The van der Waals surface area contributed by atoms with Crippen LogP contribution < -0.4 is 0 Å². The predicted molar refractivity (Wildman–Crippen MR) is 76.0 cm³/mol. The first-order chi connectivity index (χ1) is 9.60. The van der Waals surface area contributed by atoms with Crippen LogP contribution >= 0.6 is 0 Å². The van der Waals surface area contributed by atoms with Gasteiger partial charge in [-0.3, -0.25) is 9.59 Å². The Balaban J connectivity index is 3.66. The summed E-state index contributed by atoms with van der Waals surface area (Å²) in [4.78, 5) is 22.2. The van der Waals surface area contributed by atoms with Crippen molar-refractivity contribution in [1.82, 2.24) is 0 Å². The molecule has 5 nitrogen and oxygen atoms in total. The zero-order valence-corrected chi connectivity index (χ0v) is 12.2. The van der Waals surface area contributed by atoms with Gasteiger partial charge in [0.1, 0.15) is 19.3 Å². The molecular formula is C15H24O5. The lowest BCUT2D eigenvalue weighted by molar-refractivity contribution is -0.151. The lowest BCUT2D eigenvalue weighted by Gasteiger charge is -2.11. The molecule has 0 aromatic rings. The molecule has 0 saturated heterocycles. The summed E-state index contributed by atoms with van der Waals surface area (Å²) in [6, 6.07) is 0. The Morgan fingerprint density at radius 2 is 1.60 bits per heavy atom. The van der Waals surface area contributed by atoms with Gasteiger partial charge >= 0.3 is 11.9 Å². The number of esters is 2. The zero-order valence-electron chi connectivity index (χ0n) is 12.2. The van der Waals surface area contributed by atoms with Gasteiger partial charge in [-0.1, -0.05) is 38.2 Å². The third kappa shape index (κ3) is 11.5. The summed E-state index contributed by atoms with van der Waals surface area (Å²) in [5.74, 6) is -0.806. The number of ether oxygens (including phenoxy) is 2. The first-order valence-corrected chi connectivity index (χ1v) is 6.89. The molecule has 114 valence electrons. The molecule has 0 aromatic carbocycles. The fraction of sp³-hybridized carbons (Fsp3) is 0.600. The SMILES string of the molecule is CC/C=C\C/C=C\CC(=O)OCC(O)COC(=O)CC. The van der Waals surface area contributed by atoms with Gasteiger partial charge in [-0.2, -0.15) is 0 Å². The molecule has 0 amide bonds. The van der Waals surface area contributed by atoms with E-state index in [4.69, 9.17) is 9.47 Å². The maximum atomic E-state index is 11.3. The van der Waals surface area contributed by atoms with E-state index >= 15 is 0 Å². The fourth-order valence-corrected chi connectivity index (χ4v) is 1.20. The topological polar surface area (TPSA) is 72.8 Å². The Hall–Kier alpha value is -1.62. The molecule has 20 heavy (non-hydrogen) atoms. The van der Waals surface area contributed by atoms with Crippen LogP contribution in [0.1, 0.15) is 39.5 Å². The molecule has 0 fully saturated rings. The minimum atomic E-state index is -0.981. The molecule has 0 bridgehead atoms. The van der Waals surface area contributed by atoms with Gasteiger partial charge in [-0.25, -0.2) is 0 Å². The van der Waals surface area contributed by atoms with Crippen LogP contribution in [0.4, 0.5) is 0 Å². The molecule has 0 aromatic heterocycles. The number of hydrogen-bond acceptors (Lipinski definition) is 5. The van der Waals surface area contributed by atoms with E-state index in [1.165, 1.54) is 0 Å². The van der Waals surface area contributed by atoms with Crippen molar-refractivity contribution < 1.29 is 24.2 Å². The van der Waals surface area contributed by atoms with E-state index in [1.54, 1.807) is 13.0 Å². The smallest absolute Gasteiger partial charge is 0.309 e. The number of rotatable bonds is 10. The second kappa shape index (κ2) is 12.4. The normalized spacial score (nSPS) is 12.8. The Kier molecular flexibility index (Phi) is 11.4. The van der Waals surface area contributed by atoms with Crippen LogP contribution in [0.2, 0.25) is 0 Å². The van der Waals surface area contributed by atoms with Gasteiger partial charge < -0.3 is 14.6 Å². The van der Waals surface area contributed by atoms with Gasteiger partial charge in [0.25, 0.3) is 0 Å². The average molecular weight is 284 g/mol. The van der Waals surface area contributed by atoms with E-state index < -0.39 is 18.0 Å². The van der Waals surface area contributed by atoms with Crippen molar-refractivity contribution in [1.29, 1.82) is 0 Å². The van der Waals surface area contributed by atoms with Crippen LogP contribution in [0.5, 0.6) is 0 Å². The molecule has 0 aliphatic carbocycles. The van der Waals surface area contributed by atoms with Crippen LogP contribution in [0, 0.1) is 0 Å². The molecule has 1 N–H and O–H groups in total. The first kappa shape index (κ1) is 18.4. The molecule has 0 aliphatic heterocycles. The van der Waals surface area contributed by atoms with E-state index in [0.717, 1.165) is 12.8 Å². The highest BCUT2D eigenvalue weighted by Crippen LogP contribution is 1.96. The molecule has 0 heterocycles. The standard InChI is InChI=1S/C15H24O5/c1-3-5-6-7-8-9-10-15(18)20-12-13(16)11-19-14(17)4-2/h5-6,8-9,13,16H,3-4,7,10-12H2,1-2H3/b6-5-,9-8-. The van der Waals surface area contributed by atoms with E-state index in [1.807, 2.05) is 12.2 Å². The van der Waals surface area contributed by atoms with E-state index in [9.17, 15) is 14.7 Å². The molecule has 1 unspecified atom stereocenters. The third-order valence-electron chi connectivity index (χ3n) is 2.29. The highest BCUT2D eigenvalue weighted by atomic mass is 16.6. The second-order valence-corrected chi connectivity index (χ2v) is 4.16. The van der Waals surface area contributed by atoms with Gasteiger partial charge in [-0.15, -0.1) is 0 Å². The molecule has 0 aliphatic rings. The van der Waals surface area contributed by atoms with Crippen molar-refractivity contribution in [3.05, 3.63) is 24.3 Å². The summed E-state index contributed by atoms with van der Waals surface area (Å²) >= 11 is 0. The van der Waals surface area contributed by atoms with E-state index in [0.29, 0.717) is 0 Å². The van der Waals surface area contributed by atoms with Crippen LogP contribution in [-0.2, 0) is 19.1 Å². The van der Waals surface area contributed by atoms with Crippen molar-refractivity contribution in [3.63, 3.8) is 0 Å². The number of hydrogen-bond donors (Lipinski definition) is 1. The van der Waals surface area contributed by atoms with Crippen molar-refractivity contribution in [3.8, 4) is 0 Å². The predicted octanol–water partition coefficient (Wildman–Crippen LogP) is 2.15. The van der Waals surface area contributed by atoms with Crippen molar-refractivity contribution in [2.45, 2.75) is 45.6 Å². The number of aliphatic hydroxyl groups excluding tert-OH is 1. The Morgan fingerprint density at radius 3 is 2.20 bits per heavy atom. The third-order valence-corrected chi connectivity index (χ3v) is 2.29.